The van der Waals surface area contributed by atoms with Crippen LogP contribution in [0.25, 0.3) is 0 Å². The van der Waals surface area contributed by atoms with E-state index >= 15 is 0 Å². The number of nitrogens with one attached hydrogen (secondary N) is 2. The van der Waals surface area contributed by atoms with Gasteiger partial charge in [-0.3, -0.25) is 4.79 Å². The predicted molar refractivity (Wildman–Crippen MR) is 97.5 cm³/mol. The predicted octanol–water partition coefficient (Wildman–Crippen LogP) is 1.36. The summed E-state index contributed by atoms with van der Waals surface area (Å²) in [6, 6.07) is 18.0. The summed E-state index contributed by atoms with van der Waals surface area (Å²) >= 11 is 5.94. The summed E-state index contributed by atoms with van der Waals surface area (Å²) in [6.45, 7) is 5.01. The number of piperazine rings is 1. The van der Waals surface area contributed by atoms with Crippen molar-refractivity contribution >= 4 is 23.2 Å². The minimum atomic E-state index is 0.119. The molecule has 1 saturated heterocycles. The van der Waals surface area contributed by atoms with Crippen LogP contribution in [-0.4, -0.2) is 38.6 Å². The molecule has 0 unspecified atom stereocenters. The van der Waals surface area contributed by atoms with Gasteiger partial charge in [0.2, 0.25) is 0 Å². The fourth-order valence-corrected chi connectivity index (χ4v) is 3.12. The van der Waals surface area contributed by atoms with Gasteiger partial charge >= 0.3 is 0 Å². The van der Waals surface area contributed by atoms with Crippen molar-refractivity contribution in [3.05, 3.63) is 65.2 Å². The number of quaternary nitrogens is 1. The zero-order valence-corrected chi connectivity index (χ0v) is 14.4. The number of hydrogen-bond donors (Lipinski definition) is 2. The summed E-state index contributed by atoms with van der Waals surface area (Å²) in [4.78, 5) is 15.8. The first-order valence-corrected chi connectivity index (χ1v) is 8.73. The van der Waals surface area contributed by atoms with Gasteiger partial charge in [0.15, 0.2) is 6.54 Å². The van der Waals surface area contributed by atoms with Crippen molar-refractivity contribution in [2.45, 2.75) is 6.54 Å². The molecule has 4 nitrogen and oxygen atoms in total. The summed E-state index contributed by atoms with van der Waals surface area (Å²) in [5.74, 6) is 0.119. The lowest BCUT2D eigenvalue weighted by atomic mass is 10.2. The van der Waals surface area contributed by atoms with E-state index in [9.17, 15) is 4.79 Å². The molecular weight excluding hydrogens is 322 g/mol. The second-order valence-corrected chi connectivity index (χ2v) is 6.59. The fourth-order valence-electron chi connectivity index (χ4n) is 3.00. The second kappa shape index (κ2) is 8.18. The Balaban J connectivity index is 1.41. The van der Waals surface area contributed by atoms with E-state index in [1.165, 1.54) is 10.6 Å². The Hall–Kier alpha value is -2.04. The van der Waals surface area contributed by atoms with E-state index in [0.29, 0.717) is 13.1 Å². The maximum absolute atomic E-state index is 12.1. The maximum atomic E-state index is 12.1. The molecule has 1 amide bonds. The van der Waals surface area contributed by atoms with Crippen LogP contribution >= 0.6 is 11.6 Å². The highest BCUT2D eigenvalue weighted by molar-refractivity contribution is 6.30. The third-order valence-corrected chi connectivity index (χ3v) is 4.66. The molecule has 2 aromatic rings. The number of hydrogen-bond acceptors (Lipinski definition) is 2. The topological polar surface area (TPSA) is 36.8 Å². The van der Waals surface area contributed by atoms with Crippen LogP contribution in [0.15, 0.2) is 54.6 Å². The molecule has 3 rings (SSSR count). The van der Waals surface area contributed by atoms with Crippen molar-refractivity contribution in [1.29, 1.82) is 0 Å². The van der Waals surface area contributed by atoms with Crippen LogP contribution in [0, 0.1) is 0 Å². The smallest absolute Gasteiger partial charge is 0.275 e. The van der Waals surface area contributed by atoms with E-state index in [2.05, 4.69) is 22.3 Å². The molecule has 1 aliphatic rings. The average molecular weight is 345 g/mol. The molecule has 0 aliphatic carbocycles. The van der Waals surface area contributed by atoms with Gasteiger partial charge < -0.3 is 15.1 Å². The number of nitrogens with zero attached hydrogens (tertiary/aromatic N) is 1. The van der Waals surface area contributed by atoms with Gasteiger partial charge in [-0.15, -0.1) is 0 Å². The number of benzene rings is 2. The van der Waals surface area contributed by atoms with E-state index in [1.54, 1.807) is 0 Å². The summed E-state index contributed by atoms with van der Waals surface area (Å²) in [6.07, 6.45) is 0. The number of rotatable bonds is 5. The highest BCUT2D eigenvalue weighted by Gasteiger charge is 2.22. The SMILES string of the molecule is O=C(C[NH+]1CCN(c2ccc(Cl)cc2)CC1)NCc1ccccc1. The maximum Gasteiger partial charge on any atom is 0.275 e. The van der Waals surface area contributed by atoms with E-state index in [-0.39, 0.29) is 5.91 Å². The van der Waals surface area contributed by atoms with Crippen LogP contribution in [0.4, 0.5) is 5.69 Å². The zero-order chi connectivity index (χ0) is 16.8. The van der Waals surface area contributed by atoms with Crippen molar-refractivity contribution < 1.29 is 9.69 Å². The van der Waals surface area contributed by atoms with Crippen molar-refractivity contribution in [2.75, 3.05) is 37.6 Å². The van der Waals surface area contributed by atoms with Crippen LogP contribution in [0.1, 0.15) is 5.56 Å². The summed E-state index contributed by atoms with van der Waals surface area (Å²) in [7, 11) is 0. The monoisotopic (exact) mass is 344 g/mol. The van der Waals surface area contributed by atoms with Crippen LogP contribution < -0.4 is 15.1 Å². The van der Waals surface area contributed by atoms with Gasteiger partial charge in [-0.2, -0.15) is 0 Å². The van der Waals surface area contributed by atoms with E-state index < -0.39 is 0 Å². The largest absolute Gasteiger partial charge is 0.360 e. The lowest BCUT2D eigenvalue weighted by Gasteiger charge is -2.33. The molecule has 1 aliphatic heterocycles. The molecule has 0 bridgehead atoms. The number of amides is 1. The van der Waals surface area contributed by atoms with Gasteiger partial charge in [0.25, 0.3) is 5.91 Å². The van der Waals surface area contributed by atoms with Gasteiger partial charge in [0.1, 0.15) is 0 Å². The Morgan fingerprint density at radius 1 is 1.04 bits per heavy atom. The third kappa shape index (κ3) is 4.73. The molecule has 1 heterocycles. The first-order chi connectivity index (χ1) is 11.7. The van der Waals surface area contributed by atoms with E-state index in [1.807, 2.05) is 42.5 Å². The quantitative estimate of drug-likeness (QED) is 0.859. The Bertz CT molecular complexity index is 652. The number of carbonyl (C=O) groups is 1. The second-order valence-electron chi connectivity index (χ2n) is 6.15. The van der Waals surface area contributed by atoms with Crippen molar-refractivity contribution in [3.63, 3.8) is 0 Å². The molecule has 0 spiro atoms. The molecule has 0 saturated carbocycles. The van der Waals surface area contributed by atoms with Gasteiger partial charge in [-0.1, -0.05) is 41.9 Å². The molecule has 2 N–H and O–H groups in total. The Morgan fingerprint density at radius 2 is 1.71 bits per heavy atom. The van der Waals surface area contributed by atoms with Gasteiger partial charge in [0.05, 0.1) is 26.2 Å². The third-order valence-electron chi connectivity index (χ3n) is 4.41. The Kier molecular flexibility index (Phi) is 5.72. The van der Waals surface area contributed by atoms with Crippen LogP contribution in [-0.2, 0) is 11.3 Å². The molecule has 1 fully saturated rings. The lowest BCUT2D eigenvalue weighted by Crippen LogP contribution is -3.15. The summed E-state index contributed by atoms with van der Waals surface area (Å²) in [5.41, 5.74) is 2.33. The van der Waals surface area contributed by atoms with Gasteiger partial charge in [0, 0.05) is 17.3 Å². The summed E-state index contributed by atoms with van der Waals surface area (Å²) < 4.78 is 0. The first-order valence-electron chi connectivity index (χ1n) is 8.35. The van der Waals surface area contributed by atoms with Gasteiger partial charge in [-0.25, -0.2) is 0 Å². The molecule has 24 heavy (non-hydrogen) atoms. The molecule has 0 aromatic heterocycles. The minimum Gasteiger partial charge on any atom is -0.360 e. The molecule has 5 heteroatoms. The van der Waals surface area contributed by atoms with Gasteiger partial charge in [-0.05, 0) is 29.8 Å². The molecule has 2 aromatic carbocycles. The number of halogens is 1. The minimum absolute atomic E-state index is 0.119. The Labute approximate surface area is 148 Å². The van der Waals surface area contributed by atoms with Crippen molar-refractivity contribution in [3.8, 4) is 0 Å². The molecule has 0 radical (unpaired) electrons. The van der Waals surface area contributed by atoms with Crippen LogP contribution in [0.2, 0.25) is 5.02 Å². The normalized spacial score (nSPS) is 15.3. The molecular formula is C19H23ClN3O+. The Morgan fingerprint density at radius 3 is 2.38 bits per heavy atom. The fraction of sp³-hybridized carbons (Fsp3) is 0.316. The molecule has 0 atom stereocenters. The highest BCUT2D eigenvalue weighted by atomic mass is 35.5. The first kappa shape index (κ1) is 16.8. The molecule has 126 valence electrons. The number of anilines is 1. The van der Waals surface area contributed by atoms with Crippen molar-refractivity contribution in [2.24, 2.45) is 0 Å². The van der Waals surface area contributed by atoms with Crippen LogP contribution in [0.3, 0.4) is 0 Å². The van der Waals surface area contributed by atoms with Crippen molar-refractivity contribution in [1.82, 2.24) is 5.32 Å². The summed E-state index contributed by atoms with van der Waals surface area (Å²) in [5, 5.41) is 3.77. The zero-order valence-electron chi connectivity index (χ0n) is 13.7. The standard InChI is InChI=1S/C19H22ClN3O/c20-17-6-8-18(9-7-17)23-12-10-22(11-13-23)15-19(24)21-14-16-4-2-1-3-5-16/h1-9H,10-15H2,(H,21,24)/p+1. The average Bonchev–Trinajstić information content (AvgIpc) is 2.62. The lowest BCUT2D eigenvalue weighted by molar-refractivity contribution is -0.892. The van der Waals surface area contributed by atoms with Crippen LogP contribution in [0.5, 0.6) is 0 Å². The van der Waals surface area contributed by atoms with E-state index in [4.69, 9.17) is 11.6 Å². The number of carbonyl (C=O) groups excluding carboxylic acids is 1. The highest BCUT2D eigenvalue weighted by Crippen LogP contribution is 2.17. The van der Waals surface area contributed by atoms with E-state index in [0.717, 1.165) is 36.8 Å².